The number of carbonyl (C=O) groups is 1. The van der Waals surface area contributed by atoms with Crippen molar-refractivity contribution in [1.29, 1.82) is 0 Å². The molecular formula is C6H4N4O2. The minimum atomic E-state index is -1.06. The maximum Gasteiger partial charge on any atom is 0.356 e. The molecule has 0 saturated heterocycles. The van der Waals surface area contributed by atoms with Crippen molar-refractivity contribution in [2.24, 2.45) is 0 Å². The van der Waals surface area contributed by atoms with Gasteiger partial charge in [0.2, 0.25) is 0 Å². The van der Waals surface area contributed by atoms with Gasteiger partial charge in [-0.3, -0.25) is 4.40 Å². The lowest BCUT2D eigenvalue weighted by Gasteiger charge is -1.93. The minimum absolute atomic E-state index is 0.0256. The molecule has 0 aliphatic carbocycles. The van der Waals surface area contributed by atoms with Crippen LogP contribution >= 0.6 is 0 Å². The molecule has 0 saturated carbocycles. The fraction of sp³-hybridized carbons (Fsp3) is 0. The van der Waals surface area contributed by atoms with E-state index in [4.69, 9.17) is 5.11 Å². The molecule has 6 nitrogen and oxygen atoms in total. The largest absolute Gasteiger partial charge is 0.476 e. The zero-order valence-corrected chi connectivity index (χ0v) is 5.88. The second kappa shape index (κ2) is 2.26. The van der Waals surface area contributed by atoms with Crippen molar-refractivity contribution in [3.8, 4) is 0 Å². The number of hydrogen-bond acceptors (Lipinski definition) is 4. The Morgan fingerprint density at radius 2 is 2.42 bits per heavy atom. The molecule has 0 spiro atoms. The quantitative estimate of drug-likeness (QED) is 0.632. The third kappa shape index (κ3) is 0.895. The number of aromatic nitrogens is 4. The predicted octanol–water partition coefficient (Wildman–Crippen LogP) is -0.178. The summed E-state index contributed by atoms with van der Waals surface area (Å²) >= 11 is 0. The first-order valence-electron chi connectivity index (χ1n) is 3.16. The van der Waals surface area contributed by atoms with Gasteiger partial charge in [0.05, 0.1) is 6.20 Å². The van der Waals surface area contributed by atoms with Crippen LogP contribution in [0.5, 0.6) is 0 Å². The summed E-state index contributed by atoms with van der Waals surface area (Å²) in [6.45, 7) is 0. The molecule has 0 radical (unpaired) electrons. The number of fused-ring (bicyclic) bond motifs is 1. The van der Waals surface area contributed by atoms with E-state index in [2.05, 4.69) is 15.2 Å². The number of rotatable bonds is 1. The van der Waals surface area contributed by atoms with Gasteiger partial charge in [-0.1, -0.05) is 0 Å². The molecule has 0 aromatic carbocycles. The summed E-state index contributed by atoms with van der Waals surface area (Å²) in [5, 5.41) is 15.8. The lowest BCUT2D eigenvalue weighted by Crippen LogP contribution is -2.01. The van der Waals surface area contributed by atoms with Crippen LogP contribution in [0.3, 0.4) is 0 Å². The van der Waals surface area contributed by atoms with Crippen LogP contribution in [-0.4, -0.2) is 30.7 Å². The van der Waals surface area contributed by atoms with Crippen LogP contribution in [-0.2, 0) is 0 Å². The highest BCUT2D eigenvalue weighted by molar-refractivity contribution is 5.85. The number of carboxylic acid groups (broad SMARTS) is 1. The van der Waals surface area contributed by atoms with Gasteiger partial charge >= 0.3 is 5.97 Å². The molecule has 0 aliphatic heterocycles. The molecule has 60 valence electrons. The van der Waals surface area contributed by atoms with Crippen molar-refractivity contribution in [3.63, 3.8) is 0 Å². The molecule has 0 unspecified atom stereocenters. The molecule has 0 atom stereocenters. The van der Waals surface area contributed by atoms with Crippen LogP contribution in [0.15, 0.2) is 18.7 Å². The molecule has 1 N–H and O–H groups in total. The summed E-state index contributed by atoms with van der Waals surface area (Å²) in [5.41, 5.74) is 0.502. The van der Waals surface area contributed by atoms with E-state index >= 15 is 0 Å². The third-order valence-electron chi connectivity index (χ3n) is 1.40. The summed E-state index contributed by atoms with van der Waals surface area (Å²) < 4.78 is 1.50. The van der Waals surface area contributed by atoms with Gasteiger partial charge in [0.25, 0.3) is 0 Å². The average Bonchev–Trinajstić information content (AvgIpc) is 2.49. The maximum absolute atomic E-state index is 10.4. The van der Waals surface area contributed by atoms with Gasteiger partial charge in [0, 0.05) is 6.20 Å². The molecule has 2 aromatic heterocycles. The summed E-state index contributed by atoms with van der Waals surface area (Å²) in [4.78, 5) is 14.1. The van der Waals surface area contributed by atoms with Crippen LogP contribution in [0.2, 0.25) is 0 Å². The first-order chi connectivity index (χ1) is 5.77. The standard InChI is InChI=1S/C6H4N4O2/c11-6(12)4-2-10-3-8-9-5(10)1-7-4/h1-3H,(H,11,12). The fourth-order valence-electron chi connectivity index (χ4n) is 0.846. The second-order valence-corrected chi connectivity index (χ2v) is 2.17. The Morgan fingerprint density at radius 3 is 3.17 bits per heavy atom. The number of hydrogen-bond donors (Lipinski definition) is 1. The molecular weight excluding hydrogens is 160 g/mol. The topological polar surface area (TPSA) is 80.4 Å². The van der Waals surface area contributed by atoms with Crippen molar-refractivity contribution < 1.29 is 9.90 Å². The predicted molar refractivity (Wildman–Crippen MR) is 37.7 cm³/mol. The van der Waals surface area contributed by atoms with Gasteiger partial charge in [-0.2, -0.15) is 0 Å². The molecule has 2 aromatic rings. The van der Waals surface area contributed by atoms with Crippen LogP contribution in [0.25, 0.3) is 5.65 Å². The zero-order chi connectivity index (χ0) is 8.55. The van der Waals surface area contributed by atoms with E-state index in [0.29, 0.717) is 5.65 Å². The lowest BCUT2D eigenvalue weighted by molar-refractivity contribution is 0.0690. The monoisotopic (exact) mass is 164 g/mol. The van der Waals surface area contributed by atoms with Crippen LogP contribution in [0.4, 0.5) is 0 Å². The second-order valence-electron chi connectivity index (χ2n) is 2.17. The Morgan fingerprint density at radius 1 is 1.58 bits per heavy atom. The molecule has 2 heterocycles. The van der Waals surface area contributed by atoms with Crippen LogP contribution < -0.4 is 0 Å². The zero-order valence-electron chi connectivity index (χ0n) is 5.88. The van der Waals surface area contributed by atoms with Crippen molar-refractivity contribution >= 4 is 11.6 Å². The summed E-state index contributed by atoms with van der Waals surface area (Å²) in [7, 11) is 0. The van der Waals surface area contributed by atoms with Gasteiger partial charge in [0.15, 0.2) is 11.3 Å². The van der Waals surface area contributed by atoms with E-state index < -0.39 is 5.97 Å². The third-order valence-corrected chi connectivity index (χ3v) is 1.40. The van der Waals surface area contributed by atoms with Gasteiger partial charge < -0.3 is 5.11 Å². The van der Waals surface area contributed by atoms with E-state index in [0.717, 1.165) is 0 Å². The first kappa shape index (κ1) is 6.71. The molecule has 0 amide bonds. The van der Waals surface area contributed by atoms with E-state index in [9.17, 15) is 4.79 Å². The van der Waals surface area contributed by atoms with Crippen molar-refractivity contribution in [1.82, 2.24) is 19.6 Å². The van der Waals surface area contributed by atoms with E-state index in [1.165, 1.54) is 23.1 Å². The highest BCUT2D eigenvalue weighted by atomic mass is 16.4. The van der Waals surface area contributed by atoms with Crippen LogP contribution in [0.1, 0.15) is 10.5 Å². The molecule has 12 heavy (non-hydrogen) atoms. The molecule has 0 fully saturated rings. The SMILES string of the molecule is O=C(O)c1cn2cnnc2cn1. The molecule has 2 rings (SSSR count). The smallest absolute Gasteiger partial charge is 0.356 e. The van der Waals surface area contributed by atoms with Gasteiger partial charge in [-0.25, -0.2) is 9.78 Å². The first-order valence-corrected chi connectivity index (χ1v) is 3.16. The Bertz CT molecular complexity index is 436. The fourth-order valence-corrected chi connectivity index (χ4v) is 0.846. The minimum Gasteiger partial charge on any atom is -0.476 e. The Balaban J connectivity index is 2.68. The van der Waals surface area contributed by atoms with Crippen molar-refractivity contribution in [3.05, 3.63) is 24.4 Å². The Hall–Kier alpha value is -1.98. The summed E-state index contributed by atoms with van der Waals surface area (Å²) in [6, 6.07) is 0. The number of aromatic carboxylic acids is 1. The molecule has 6 heteroatoms. The van der Waals surface area contributed by atoms with Gasteiger partial charge in [0.1, 0.15) is 6.33 Å². The van der Waals surface area contributed by atoms with E-state index in [1.54, 1.807) is 0 Å². The number of carboxylic acids is 1. The van der Waals surface area contributed by atoms with E-state index in [1.807, 2.05) is 0 Å². The number of nitrogens with zero attached hydrogens (tertiary/aromatic N) is 4. The highest BCUT2D eigenvalue weighted by Crippen LogP contribution is 1.98. The Kier molecular flexibility index (Phi) is 1.26. The van der Waals surface area contributed by atoms with Gasteiger partial charge in [-0.05, 0) is 0 Å². The lowest BCUT2D eigenvalue weighted by atomic mass is 10.4. The normalized spacial score (nSPS) is 10.3. The van der Waals surface area contributed by atoms with Crippen molar-refractivity contribution in [2.45, 2.75) is 0 Å². The summed E-state index contributed by atoms with van der Waals surface area (Å²) in [6.07, 6.45) is 4.14. The van der Waals surface area contributed by atoms with Crippen molar-refractivity contribution in [2.75, 3.05) is 0 Å². The molecule has 0 aliphatic rings. The van der Waals surface area contributed by atoms with Crippen LogP contribution in [0, 0.1) is 0 Å². The molecule has 0 bridgehead atoms. The van der Waals surface area contributed by atoms with E-state index in [-0.39, 0.29) is 5.69 Å². The van der Waals surface area contributed by atoms with Gasteiger partial charge in [-0.15, -0.1) is 10.2 Å². The average molecular weight is 164 g/mol. The highest BCUT2D eigenvalue weighted by Gasteiger charge is 2.05. The maximum atomic E-state index is 10.4. The summed E-state index contributed by atoms with van der Waals surface area (Å²) in [5.74, 6) is -1.06. The Labute approximate surface area is 66.5 Å².